The van der Waals surface area contributed by atoms with Gasteiger partial charge in [0.05, 0.1) is 6.54 Å². The van der Waals surface area contributed by atoms with Crippen molar-refractivity contribution in [2.75, 3.05) is 26.2 Å². The van der Waals surface area contributed by atoms with Gasteiger partial charge in [-0.25, -0.2) is 4.79 Å². The van der Waals surface area contributed by atoms with Gasteiger partial charge in [-0.3, -0.25) is 19.3 Å². The summed E-state index contributed by atoms with van der Waals surface area (Å²) in [7, 11) is 0. The second kappa shape index (κ2) is 8.79. The van der Waals surface area contributed by atoms with Crippen LogP contribution in [0.1, 0.15) is 18.5 Å². The molecule has 1 aliphatic heterocycles. The first-order valence-electron chi connectivity index (χ1n) is 8.30. The van der Waals surface area contributed by atoms with Crippen molar-refractivity contribution in [2.45, 2.75) is 13.0 Å². The van der Waals surface area contributed by atoms with Crippen molar-refractivity contribution in [1.29, 1.82) is 0 Å². The Hall–Kier alpha value is -3.43. The molecule has 0 bridgehead atoms. The van der Waals surface area contributed by atoms with Crippen molar-refractivity contribution in [2.24, 2.45) is 0 Å². The van der Waals surface area contributed by atoms with Gasteiger partial charge in [0.2, 0.25) is 5.91 Å². The number of carbonyl (C=O) groups excluding carboxylic acids is 5. The van der Waals surface area contributed by atoms with Crippen LogP contribution in [0.15, 0.2) is 24.3 Å². The first kappa shape index (κ1) is 19.9. The molecule has 27 heavy (non-hydrogen) atoms. The Morgan fingerprint density at radius 2 is 1.85 bits per heavy atom. The number of likely N-dealkylation sites (N-methyl/N-ethyl adjacent to an activating group) is 1. The maximum atomic E-state index is 12.5. The minimum Gasteiger partial charge on any atom is -0.508 e. The van der Waals surface area contributed by atoms with Crippen LogP contribution in [0.5, 0.6) is 5.75 Å². The van der Waals surface area contributed by atoms with Gasteiger partial charge in [0.15, 0.2) is 0 Å². The summed E-state index contributed by atoms with van der Waals surface area (Å²) in [6.07, 6.45) is 0.486. The normalized spacial score (nSPS) is 15.3. The third-order valence-corrected chi connectivity index (χ3v) is 4.05. The van der Waals surface area contributed by atoms with Gasteiger partial charge in [-0.15, -0.1) is 0 Å². The predicted octanol–water partition coefficient (Wildman–Crippen LogP) is -0.851. The molecular formula is C17H20N4O6. The van der Waals surface area contributed by atoms with Gasteiger partial charge in [0.25, 0.3) is 0 Å². The second-order valence-corrected chi connectivity index (χ2v) is 5.73. The standard InChI is InChI=1S/C17H20N4O6/c1-2-20-8-9-21(16(26)15(20)25)17(27)19-13(14(24)18-7-10-22)11-3-5-12(23)6-4-11/h3-6,10,13,23H,2,7-9H2,1H3,(H,18,24)(H,19,27)/t13-/m1/s1. The fourth-order valence-electron chi connectivity index (χ4n) is 2.58. The number of hydrogen-bond acceptors (Lipinski definition) is 6. The summed E-state index contributed by atoms with van der Waals surface area (Å²) in [5, 5.41) is 14.1. The van der Waals surface area contributed by atoms with E-state index in [0.29, 0.717) is 18.4 Å². The number of hydrogen-bond donors (Lipinski definition) is 3. The number of carbonyl (C=O) groups is 5. The third-order valence-electron chi connectivity index (χ3n) is 4.05. The maximum Gasteiger partial charge on any atom is 0.325 e. The van der Waals surface area contributed by atoms with E-state index in [0.717, 1.165) is 4.90 Å². The molecule has 1 aromatic carbocycles. The number of aldehydes is 1. The third kappa shape index (κ3) is 4.60. The average molecular weight is 376 g/mol. The van der Waals surface area contributed by atoms with Crippen molar-refractivity contribution in [3.63, 3.8) is 0 Å². The number of urea groups is 1. The molecule has 5 amide bonds. The van der Waals surface area contributed by atoms with Gasteiger partial charge >= 0.3 is 17.8 Å². The molecule has 1 aromatic rings. The lowest BCUT2D eigenvalue weighted by molar-refractivity contribution is -0.153. The van der Waals surface area contributed by atoms with Gasteiger partial charge in [-0.05, 0) is 24.6 Å². The molecule has 144 valence electrons. The van der Waals surface area contributed by atoms with Crippen LogP contribution in [0.3, 0.4) is 0 Å². The molecule has 0 aliphatic carbocycles. The van der Waals surface area contributed by atoms with Gasteiger partial charge < -0.3 is 25.4 Å². The van der Waals surface area contributed by atoms with Gasteiger partial charge in [-0.2, -0.15) is 0 Å². The number of phenolic OH excluding ortho intramolecular Hbond substituents is 1. The smallest absolute Gasteiger partial charge is 0.325 e. The van der Waals surface area contributed by atoms with Gasteiger partial charge in [-0.1, -0.05) is 12.1 Å². The van der Waals surface area contributed by atoms with Crippen molar-refractivity contribution in [3.8, 4) is 5.75 Å². The molecule has 1 heterocycles. The van der Waals surface area contributed by atoms with Crippen LogP contribution in [-0.4, -0.2) is 71.1 Å². The monoisotopic (exact) mass is 376 g/mol. The SMILES string of the molecule is CCN1CCN(C(=O)N[C@@H](C(=O)NCC=O)c2ccc(O)cc2)C(=O)C1=O. The highest BCUT2D eigenvalue weighted by molar-refractivity contribution is 6.38. The van der Waals surface area contributed by atoms with Crippen molar-refractivity contribution < 1.29 is 29.1 Å². The Bertz CT molecular complexity index is 748. The van der Waals surface area contributed by atoms with Crippen LogP contribution in [0.25, 0.3) is 0 Å². The number of nitrogens with zero attached hydrogens (tertiary/aromatic N) is 2. The molecule has 10 nitrogen and oxygen atoms in total. The van der Waals surface area contributed by atoms with E-state index >= 15 is 0 Å². The number of phenols is 1. The molecule has 0 saturated carbocycles. The zero-order valence-corrected chi connectivity index (χ0v) is 14.7. The lowest BCUT2D eigenvalue weighted by Crippen LogP contribution is -2.59. The van der Waals surface area contributed by atoms with Crippen LogP contribution in [-0.2, 0) is 19.2 Å². The van der Waals surface area contributed by atoms with Crippen LogP contribution in [0, 0.1) is 0 Å². The summed E-state index contributed by atoms with van der Waals surface area (Å²) < 4.78 is 0. The van der Waals surface area contributed by atoms with Crippen molar-refractivity contribution >= 4 is 30.0 Å². The molecule has 0 aromatic heterocycles. The minimum absolute atomic E-state index is 0.00248. The highest BCUT2D eigenvalue weighted by Crippen LogP contribution is 2.18. The molecule has 1 atom stereocenters. The van der Waals surface area contributed by atoms with E-state index < -0.39 is 29.8 Å². The summed E-state index contributed by atoms with van der Waals surface area (Å²) >= 11 is 0. The van der Waals surface area contributed by atoms with E-state index in [-0.39, 0.29) is 25.4 Å². The average Bonchev–Trinajstić information content (AvgIpc) is 2.67. The number of piperazine rings is 1. The summed E-state index contributed by atoms with van der Waals surface area (Å²) in [5.74, 6) is -2.47. The number of imide groups is 1. The van der Waals surface area contributed by atoms with Gasteiger partial charge in [0.1, 0.15) is 18.1 Å². The largest absolute Gasteiger partial charge is 0.508 e. The van der Waals surface area contributed by atoms with E-state index in [1.807, 2.05) is 0 Å². The van der Waals surface area contributed by atoms with Crippen molar-refractivity contribution in [3.05, 3.63) is 29.8 Å². The van der Waals surface area contributed by atoms with E-state index in [4.69, 9.17) is 0 Å². The minimum atomic E-state index is -1.22. The lowest BCUT2D eigenvalue weighted by atomic mass is 10.1. The lowest BCUT2D eigenvalue weighted by Gasteiger charge is -2.32. The molecule has 3 N–H and O–H groups in total. The molecule has 0 unspecified atom stereocenters. The topological polar surface area (TPSA) is 136 Å². The quantitative estimate of drug-likeness (QED) is 0.437. The Kier molecular flexibility index (Phi) is 6.47. The fourth-order valence-corrected chi connectivity index (χ4v) is 2.58. The Morgan fingerprint density at radius 3 is 2.44 bits per heavy atom. The Balaban J connectivity index is 2.18. The highest BCUT2D eigenvalue weighted by Gasteiger charge is 2.37. The van der Waals surface area contributed by atoms with E-state index in [1.54, 1.807) is 6.92 Å². The summed E-state index contributed by atoms with van der Waals surface area (Å²) in [5.41, 5.74) is 0.329. The first-order chi connectivity index (χ1) is 12.9. The molecular weight excluding hydrogens is 356 g/mol. The summed E-state index contributed by atoms with van der Waals surface area (Å²) in [4.78, 5) is 61.5. The summed E-state index contributed by atoms with van der Waals surface area (Å²) in [6.45, 7) is 2.03. The van der Waals surface area contributed by atoms with Crippen LogP contribution >= 0.6 is 0 Å². The molecule has 0 radical (unpaired) electrons. The Labute approximate surface area is 155 Å². The number of benzene rings is 1. The van der Waals surface area contributed by atoms with Gasteiger partial charge in [0, 0.05) is 19.6 Å². The van der Waals surface area contributed by atoms with E-state index in [9.17, 15) is 29.1 Å². The van der Waals surface area contributed by atoms with Crippen LogP contribution in [0.2, 0.25) is 0 Å². The molecule has 0 spiro atoms. The summed E-state index contributed by atoms with van der Waals surface area (Å²) in [6, 6.07) is 3.38. The maximum absolute atomic E-state index is 12.5. The number of aromatic hydroxyl groups is 1. The number of rotatable bonds is 6. The molecule has 2 rings (SSSR count). The molecule has 1 saturated heterocycles. The second-order valence-electron chi connectivity index (χ2n) is 5.73. The fraction of sp³-hybridized carbons (Fsp3) is 0.353. The van der Waals surface area contributed by atoms with E-state index in [1.165, 1.54) is 29.2 Å². The van der Waals surface area contributed by atoms with E-state index in [2.05, 4.69) is 10.6 Å². The zero-order chi connectivity index (χ0) is 20.0. The zero-order valence-electron chi connectivity index (χ0n) is 14.7. The molecule has 1 fully saturated rings. The van der Waals surface area contributed by atoms with Crippen LogP contribution in [0.4, 0.5) is 4.79 Å². The Morgan fingerprint density at radius 1 is 1.19 bits per heavy atom. The molecule has 10 heteroatoms. The van der Waals surface area contributed by atoms with Crippen molar-refractivity contribution in [1.82, 2.24) is 20.4 Å². The molecule has 1 aliphatic rings. The predicted molar refractivity (Wildman–Crippen MR) is 92.4 cm³/mol. The number of nitrogens with one attached hydrogen (secondary N) is 2. The van der Waals surface area contributed by atoms with Crippen LogP contribution < -0.4 is 10.6 Å². The number of amides is 5. The first-order valence-corrected chi connectivity index (χ1v) is 8.30. The highest BCUT2D eigenvalue weighted by atomic mass is 16.3.